The van der Waals surface area contributed by atoms with E-state index in [1.165, 1.54) is 6.08 Å². The van der Waals surface area contributed by atoms with Crippen molar-refractivity contribution in [3.63, 3.8) is 0 Å². The number of benzene rings is 1. The normalized spacial score (nSPS) is 18.1. The third-order valence-electron chi connectivity index (χ3n) is 3.67. The molecule has 1 aliphatic rings. The number of amides is 1. The summed E-state index contributed by atoms with van der Waals surface area (Å²) in [5.74, 6) is -0.375. The van der Waals surface area contributed by atoms with Crippen molar-refractivity contribution in [2.45, 2.75) is 44.8 Å². The Morgan fingerprint density at radius 1 is 1.39 bits per heavy atom. The molecule has 124 valence electrons. The second-order valence-electron chi connectivity index (χ2n) is 5.54. The molecule has 0 spiro atoms. The second kappa shape index (κ2) is 8.98. The first-order valence-electron chi connectivity index (χ1n) is 8.03. The van der Waals surface area contributed by atoms with Gasteiger partial charge in [-0.25, -0.2) is 9.59 Å². The van der Waals surface area contributed by atoms with E-state index >= 15 is 0 Å². The van der Waals surface area contributed by atoms with Gasteiger partial charge in [0.15, 0.2) is 0 Å². The summed E-state index contributed by atoms with van der Waals surface area (Å²) < 4.78 is 10.5. The highest BCUT2D eigenvalue weighted by molar-refractivity contribution is 5.83. The summed E-state index contributed by atoms with van der Waals surface area (Å²) in [5, 5.41) is 2.84. The van der Waals surface area contributed by atoms with Gasteiger partial charge in [0.1, 0.15) is 6.10 Å². The first kappa shape index (κ1) is 17.1. The summed E-state index contributed by atoms with van der Waals surface area (Å²) in [5.41, 5.74) is 1.07. The first-order chi connectivity index (χ1) is 11.2. The monoisotopic (exact) mass is 317 g/mol. The van der Waals surface area contributed by atoms with E-state index in [1.54, 1.807) is 6.08 Å². The fourth-order valence-corrected chi connectivity index (χ4v) is 2.43. The lowest BCUT2D eigenvalue weighted by Crippen LogP contribution is -2.47. The molecular formula is C18H23NO4. The van der Waals surface area contributed by atoms with Crippen molar-refractivity contribution >= 4 is 12.1 Å². The van der Waals surface area contributed by atoms with Gasteiger partial charge < -0.3 is 14.8 Å². The molecule has 2 atom stereocenters. The minimum atomic E-state index is -0.468. The Kier molecular flexibility index (Phi) is 6.66. The van der Waals surface area contributed by atoms with Crippen LogP contribution in [0.5, 0.6) is 0 Å². The number of ether oxygens (including phenoxy) is 2. The van der Waals surface area contributed by atoms with Crippen molar-refractivity contribution in [1.29, 1.82) is 0 Å². The van der Waals surface area contributed by atoms with E-state index in [0.29, 0.717) is 19.4 Å². The number of alkyl carbamates (subject to hydrolysis) is 1. The predicted octanol–water partition coefficient (Wildman–Crippen LogP) is 3.00. The van der Waals surface area contributed by atoms with Crippen LogP contribution in [0.2, 0.25) is 0 Å². The van der Waals surface area contributed by atoms with Gasteiger partial charge >= 0.3 is 12.1 Å². The molecule has 0 radical (unpaired) electrons. The largest absolute Gasteiger partial charge is 0.457 e. The highest BCUT2D eigenvalue weighted by Gasteiger charge is 2.28. The van der Waals surface area contributed by atoms with Gasteiger partial charge in [0.05, 0.1) is 12.6 Å². The highest BCUT2D eigenvalue weighted by atomic mass is 16.6. The van der Waals surface area contributed by atoms with Gasteiger partial charge in [-0.3, -0.25) is 0 Å². The van der Waals surface area contributed by atoms with E-state index in [2.05, 4.69) is 5.32 Å². The van der Waals surface area contributed by atoms with E-state index in [1.807, 2.05) is 37.3 Å². The van der Waals surface area contributed by atoms with Crippen LogP contribution in [0.15, 0.2) is 42.5 Å². The van der Waals surface area contributed by atoms with Crippen molar-refractivity contribution in [3.8, 4) is 0 Å². The van der Waals surface area contributed by atoms with E-state index in [4.69, 9.17) is 9.47 Å². The molecule has 0 saturated carbocycles. The van der Waals surface area contributed by atoms with E-state index in [9.17, 15) is 9.59 Å². The van der Waals surface area contributed by atoms with Gasteiger partial charge in [-0.15, -0.1) is 0 Å². The maximum atomic E-state index is 12.0. The van der Waals surface area contributed by atoms with Crippen LogP contribution in [-0.2, 0) is 20.7 Å². The molecule has 1 amide bonds. The Morgan fingerprint density at radius 2 is 2.17 bits per heavy atom. The lowest BCUT2D eigenvalue weighted by Gasteiger charge is -2.28. The van der Waals surface area contributed by atoms with Crippen LogP contribution in [0.25, 0.3) is 0 Å². The number of nitrogens with one attached hydrogen (secondary N) is 1. The number of carbonyl (C=O) groups is 2. The molecule has 1 aromatic carbocycles. The maximum absolute atomic E-state index is 12.0. The maximum Gasteiger partial charge on any atom is 0.407 e. The fourth-order valence-electron chi connectivity index (χ4n) is 2.43. The van der Waals surface area contributed by atoms with Gasteiger partial charge in [-0.2, -0.15) is 0 Å². The Labute approximate surface area is 136 Å². The summed E-state index contributed by atoms with van der Waals surface area (Å²) in [6.07, 6.45) is 5.29. The summed E-state index contributed by atoms with van der Waals surface area (Å²) >= 11 is 0. The number of hydrogen-bond acceptors (Lipinski definition) is 4. The molecule has 0 fully saturated rings. The molecule has 23 heavy (non-hydrogen) atoms. The molecule has 5 heteroatoms. The third-order valence-corrected chi connectivity index (χ3v) is 3.67. The first-order valence-corrected chi connectivity index (χ1v) is 8.03. The van der Waals surface area contributed by atoms with Gasteiger partial charge in [-0.1, -0.05) is 49.8 Å². The van der Waals surface area contributed by atoms with Gasteiger partial charge in [0, 0.05) is 12.5 Å². The number of rotatable bonds is 7. The second-order valence-corrected chi connectivity index (χ2v) is 5.54. The third kappa shape index (κ3) is 5.77. The van der Waals surface area contributed by atoms with Crippen LogP contribution in [0.4, 0.5) is 4.79 Å². The Morgan fingerprint density at radius 3 is 2.87 bits per heavy atom. The topological polar surface area (TPSA) is 64.6 Å². The molecule has 0 saturated heterocycles. The van der Waals surface area contributed by atoms with E-state index in [-0.39, 0.29) is 18.1 Å². The molecule has 0 aliphatic carbocycles. The summed E-state index contributed by atoms with van der Waals surface area (Å²) in [7, 11) is 0. The van der Waals surface area contributed by atoms with Crippen LogP contribution < -0.4 is 5.32 Å². The zero-order valence-electron chi connectivity index (χ0n) is 13.4. The van der Waals surface area contributed by atoms with Crippen LogP contribution >= 0.6 is 0 Å². The Balaban J connectivity index is 2.00. The minimum Gasteiger partial charge on any atom is -0.457 e. The van der Waals surface area contributed by atoms with E-state index < -0.39 is 6.09 Å². The zero-order chi connectivity index (χ0) is 16.5. The average Bonchev–Trinajstić information content (AvgIpc) is 2.55. The number of hydrogen-bond donors (Lipinski definition) is 1. The Bertz CT molecular complexity index is 541. The number of unbranched alkanes of at least 4 members (excludes halogenated alkanes) is 1. The molecule has 5 nitrogen and oxygen atoms in total. The smallest absolute Gasteiger partial charge is 0.407 e. The van der Waals surface area contributed by atoms with Crippen LogP contribution in [0.1, 0.15) is 31.7 Å². The van der Waals surface area contributed by atoms with Crippen molar-refractivity contribution in [3.05, 3.63) is 48.0 Å². The molecule has 2 rings (SSSR count). The van der Waals surface area contributed by atoms with Gasteiger partial charge in [0.2, 0.25) is 0 Å². The lowest BCUT2D eigenvalue weighted by atomic mass is 9.98. The molecule has 1 aliphatic heterocycles. The summed E-state index contributed by atoms with van der Waals surface area (Å²) in [6.45, 7) is 2.43. The van der Waals surface area contributed by atoms with Crippen LogP contribution in [0, 0.1) is 0 Å². The molecule has 0 aromatic heterocycles. The van der Waals surface area contributed by atoms with Gasteiger partial charge in [-0.05, 0) is 18.4 Å². The number of esters is 1. The zero-order valence-corrected chi connectivity index (χ0v) is 13.4. The number of cyclic esters (lactones) is 1. The molecule has 1 heterocycles. The Hall–Kier alpha value is -2.30. The fraction of sp³-hybridized carbons (Fsp3) is 0.444. The standard InChI is InChI=1S/C18H23NO4/c1-2-3-12-22-18(21)19-15(13-14-8-5-4-6-9-14)16-10-7-11-17(20)23-16/h4-9,11,15-16H,2-3,10,12-13H2,1H3,(H,19,21)/t15?,16-/m0/s1. The van der Waals surface area contributed by atoms with Crippen molar-refractivity contribution in [2.75, 3.05) is 6.61 Å². The van der Waals surface area contributed by atoms with E-state index in [0.717, 1.165) is 18.4 Å². The highest BCUT2D eigenvalue weighted by Crippen LogP contribution is 2.16. The molecule has 0 bridgehead atoms. The predicted molar refractivity (Wildman–Crippen MR) is 87.0 cm³/mol. The van der Waals surface area contributed by atoms with Crippen molar-refractivity contribution < 1.29 is 19.1 Å². The van der Waals surface area contributed by atoms with Crippen molar-refractivity contribution in [1.82, 2.24) is 5.32 Å². The summed E-state index contributed by atoms with van der Waals surface area (Å²) in [6, 6.07) is 9.47. The molecular weight excluding hydrogens is 294 g/mol. The van der Waals surface area contributed by atoms with Crippen LogP contribution in [-0.4, -0.2) is 30.8 Å². The average molecular weight is 317 g/mol. The molecule has 1 unspecified atom stereocenters. The minimum absolute atomic E-state index is 0.319. The SMILES string of the molecule is CCCCOC(=O)NC(Cc1ccccc1)[C@@H]1CC=CC(=O)O1. The lowest BCUT2D eigenvalue weighted by molar-refractivity contribution is -0.145. The van der Waals surface area contributed by atoms with Crippen molar-refractivity contribution in [2.24, 2.45) is 0 Å². The van der Waals surface area contributed by atoms with Gasteiger partial charge in [0.25, 0.3) is 0 Å². The summed E-state index contributed by atoms with van der Waals surface area (Å²) in [4.78, 5) is 23.4. The molecule has 1 N–H and O–H groups in total. The van der Waals surface area contributed by atoms with Crippen LogP contribution in [0.3, 0.4) is 0 Å². The quantitative estimate of drug-likeness (QED) is 0.620. The molecule has 1 aromatic rings. The number of carbonyl (C=O) groups excluding carboxylic acids is 2.